The van der Waals surface area contributed by atoms with Crippen LogP contribution in [0.5, 0.6) is 0 Å². The van der Waals surface area contributed by atoms with Crippen molar-refractivity contribution in [1.29, 1.82) is 0 Å². The molecule has 3 unspecified atom stereocenters. The number of carbonyl (C=O) groups is 1. The van der Waals surface area contributed by atoms with Gasteiger partial charge in [-0.05, 0) is 37.7 Å². The quantitative estimate of drug-likeness (QED) is 0.641. The average molecular weight is 194 g/mol. The van der Waals surface area contributed by atoms with E-state index in [9.17, 15) is 9.90 Å². The topological polar surface area (TPSA) is 37.3 Å². The van der Waals surface area contributed by atoms with E-state index in [1.54, 1.807) is 0 Å². The minimum absolute atomic E-state index is 0.211. The number of hydrogen-bond acceptors (Lipinski definition) is 2. The van der Waals surface area contributed by atoms with Crippen LogP contribution in [0.1, 0.15) is 39.5 Å². The molecule has 0 amide bonds. The first-order chi connectivity index (χ1) is 6.59. The van der Waals surface area contributed by atoms with Crippen molar-refractivity contribution in [1.82, 2.24) is 0 Å². The summed E-state index contributed by atoms with van der Waals surface area (Å²) in [5.74, 6) is 1.10. The molecule has 1 saturated carbocycles. The van der Waals surface area contributed by atoms with Crippen molar-refractivity contribution < 1.29 is 9.90 Å². The minimum Gasteiger partial charge on any atom is -0.392 e. The van der Waals surface area contributed by atoms with E-state index < -0.39 is 0 Å². The van der Waals surface area contributed by atoms with Gasteiger partial charge in [0.1, 0.15) is 0 Å². The van der Waals surface area contributed by atoms with Gasteiger partial charge in [-0.3, -0.25) is 4.79 Å². The normalized spacial score (nSPS) is 38.5. The molecule has 0 heterocycles. The van der Waals surface area contributed by atoms with Crippen molar-refractivity contribution in [2.75, 3.05) is 0 Å². The predicted octanol–water partition coefficient (Wildman–Crippen LogP) is 2.07. The fraction of sp³-hybridized carbons (Fsp3) is 0.750. The molecule has 2 aliphatic rings. The lowest BCUT2D eigenvalue weighted by atomic mass is 9.70. The molecule has 14 heavy (non-hydrogen) atoms. The SMILES string of the molecule is CC1=C2CC(C)CC(O)C2CCC1=O. The Bertz CT molecular complexity index is 291. The Morgan fingerprint density at radius 1 is 1.43 bits per heavy atom. The van der Waals surface area contributed by atoms with Gasteiger partial charge in [0.2, 0.25) is 0 Å². The van der Waals surface area contributed by atoms with Crippen LogP contribution in [0.4, 0.5) is 0 Å². The number of ketones is 1. The van der Waals surface area contributed by atoms with Gasteiger partial charge in [-0.25, -0.2) is 0 Å². The smallest absolute Gasteiger partial charge is 0.158 e. The van der Waals surface area contributed by atoms with Gasteiger partial charge in [0.25, 0.3) is 0 Å². The third kappa shape index (κ3) is 1.52. The minimum atomic E-state index is -0.211. The highest BCUT2D eigenvalue weighted by Crippen LogP contribution is 2.40. The Kier molecular flexibility index (Phi) is 2.48. The fourth-order valence-electron chi connectivity index (χ4n) is 2.87. The summed E-state index contributed by atoms with van der Waals surface area (Å²) in [5, 5.41) is 9.93. The molecule has 1 N–H and O–H groups in total. The van der Waals surface area contributed by atoms with Crippen molar-refractivity contribution >= 4 is 5.78 Å². The van der Waals surface area contributed by atoms with Crippen molar-refractivity contribution in [3.63, 3.8) is 0 Å². The maximum Gasteiger partial charge on any atom is 0.158 e. The highest BCUT2D eigenvalue weighted by Gasteiger charge is 2.35. The molecule has 0 aromatic heterocycles. The first-order valence-corrected chi connectivity index (χ1v) is 5.50. The summed E-state index contributed by atoms with van der Waals surface area (Å²) in [7, 11) is 0. The molecular weight excluding hydrogens is 176 g/mol. The zero-order chi connectivity index (χ0) is 10.3. The predicted molar refractivity (Wildman–Crippen MR) is 54.8 cm³/mol. The third-order valence-corrected chi connectivity index (χ3v) is 3.71. The highest BCUT2D eigenvalue weighted by atomic mass is 16.3. The van der Waals surface area contributed by atoms with Crippen LogP contribution in [0.15, 0.2) is 11.1 Å². The van der Waals surface area contributed by atoms with Crippen LogP contribution in [-0.2, 0) is 4.79 Å². The number of aliphatic hydroxyl groups excluding tert-OH is 1. The van der Waals surface area contributed by atoms with Crippen LogP contribution in [0.25, 0.3) is 0 Å². The van der Waals surface area contributed by atoms with Crippen molar-refractivity contribution in [3.8, 4) is 0 Å². The standard InChI is InChI=1S/C12H18O2/c1-7-5-10-8(2)11(13)4-3-9(10)12(14)6-7/h7,9,12,14H,3-6H2,1-2H3. The summed E-state index contributed by atoms with van der Waals surface area (Å²) in [6.45, 7) is 4.08. The Balaban J connectivity index is 2.33. The van der Waals surface area contributed by atoms with E-state index in [4.69, 9.17) is 0 Å². The number of rotatable bonds is 0. The average Bonchev–Trinajstić information content (AvgIpc) is 2.12. The van der Waals surface area contributed by atoms with Crippen LogP contribution in [0.3, 0.4) is 0 Å². The lowest BCUT2D eigenvalue weighted by molar-refractivity contribution is -0.116. The van der Waals surface area contributed by atoms with Gasteiger partial charge in [-0.15, -0.1) is 0 Å². The van der Waals surface area contributed by atoms with Gasteiger partial charge in [0, 0.05) is 12.3 Å². The molecule has 0 aliphatic heterocycles. The number of fused-ring (bicyclic) bond motifs is 1. The summed E-state index contributed by atoms with van der Waals surface area (Å²) in [6, 6.07) is 0. The number of aliphatic hydroxyl groups is 1. The lowest BCUT2D eigenvalue weighted by Crippen LogP contribution is -2.34. The van der Waals surface area contributed by atoms with Crippen LogP contribution >= 0.6 is 0 Å². The van der Waals surface area contributed by atoms with E-state index >= 15 is 0 Å². The molecule has 3 atom stereocenters. The summed E-state index contributed by atoms with van der Waals surface area (Å²) >= 11 is 0. The van der Waals surface area contributed by atoms with Crippen LogP contribution in [0, 0.1) is 11.8 Å². The Hall–Kier alpha value is -0.630. The molecule has 0 spiro atoms. The summed E-state index contributed by atoms with van der Waals surface area (Å²) in [6.07, 6.45) is 3.19. The fourth-order valence-corrected chi connectivity index (χ4v) is 2.87. The molecule has 2 heteroatoms. The second-order valence-electron chi connectivity index (χ2n) is 4.83. The number of hydrogen-bond donors (Lipinski definition) is 1. The second kappa shape index (κ2) is 3.50. The molecule has 2 aliphatic carbocycles. The molecule has 78 valence electrons. The maximum atomic E-state index is 11.5. The molecule has 0 aromatic carbocycles. The van der Waals surface area contributed by atoms with Crippen molar-refractivity contribution in [2.24, 2.45) is 11.8 Å². The lowest BCUT2D eigenvalue weighted by Gasteiger charge is -2.37. The molecule has 1 fully saturated rings. The Morgan fingerprint density at radius 3 is 2.86 bits per heavy atom. The van der Waals surface area contributed by atoms with Crippen LogP contribution in [-0.4, -0.2) is 17.0 Å². The number of Topliss-reactive ketones (excluding diaryl/α,β-unsaturated/α-hetero) is 1. The molecule has 0 saturated heterocycles. The third-order valence-electron chi connectivity index (χ3n) is 3.71. The first-order valence-electron chi connectivity index (χ1n) is 5.50. The van der Waals surface area contributed by atoms with E-state index in [0.717, 1.165) is 24.8 Å². The van der Waals surface area contributed by atoms with Gasteiger partial charge in [-0.2, -0.15) is 0 Å². The zero-order valence-corrected chi connectivity index (χ0v) is 8.92. The largest absolute Gasteiger partial charge is 0.392 e. The Labute approximate surface area is 85.0 Å². The van der Waals surface area contributed by atoms with Crippen LogP contribution in [0.2, 0.25) is 0 Å². The van der Waals surface area contributed by atoms with E-state index in [0.29, 0.717) is 12.3 Å². The van der Waals surface area contributed by atoms with Gasteiger partial charge in [-0.1, -0.05) is 12.5 Å². The number of carbonyl (C=O) groups excluding carboxylic acids is 1. The number of allylic oxidation sites excluding steroid dienone is 1. The molecule has 0 bridgehead atoms. The van der Waals surface area contributed by atoms with E-state index in [-0.39, 0.29) is 17.8 Å². The Morgan fingerprint density at radius 2 is 2.14 bits per heavy atom. The van der Waals surface area contributed by atoms with Gasteiger partial charge in [0.15, 0.2) is 5.78 Å². The van der Waals surface area contributed by atoms with Crippen molar-refractivity contribution in [2.45, 2.75) is 45.6 Å². The summed E-state index contributed by atoms with van der Waals surface area (Å²) in [4.78, 5) is 11.5. The van der Waals surface area contributed by atoms with Crippen LogP contribution < -0.4 is 0 Å². The summed E-state index contributed by atoms with van der Waals surface area (Å²) < 4.78 is 0. The highest BCUT2D eigenvalue weighted by molar-refractivity contribution is 5.96. The van der Waals surface area contributed by atoms with Crippen molar-refractivity contribution in [3.05, 3.63) is 11.1 Å². The molecule has 0 aromatic rings. The molecule has 2 rings (SSSR count). The molecule has 0 radical (unpaired) electrons. The zero-order valence-electron chi connectivity index (χ0n) is 8.92. The molecular formula is C12H18O2. The second-order valence-corrected chi connectivity index (χ2v) is 4.83. The summed E-state index contributed by atoms with van der Waals surface area (Å²) in [5.41, 5.74) is 2.18. The van der Waals surface area contributed by atoms with Gasteiger partial charge < -0.3 is 5.11 Å². The maximum absolute atomic E-state index is 11.5. The van der Waals surface area contributed by atoms with E-state index in [2.05, 4.69) is 6.92 Å². The van der Waals surface area contributed by atoms with E-state index in [1.165, 1.54) is 5.57 Å². The monoisotopic (exact) mass is 194 g/mol. The first kappa shape index (κ1) is 9.91. The van der Waals surface area contributed by atoms with Gasteiger partial charge >= 0.3 is 0 Å². The van der Waals surface area contributed by atoms with E-state index in [1.807, 2.05) is 6.92 Å². The van der Waals surface area contributed by atoms with Gasteiger partial charge in [0.05, 0.1) is 6.10 Å². The molecule has 2 nitrogen and oxygen atoms in total.